The van der Waals surface area contributed by atoms with Gasteiger partial charge in [0.25, 0.3) is 0 Å². The van der Waals surface area contributed by atoms with E-state index in [0.717, 1.165) is 56.4 Å². The minimum Gasteiger partial charge on any atom is -0.459 e. The molecule has 6 heteroatoms. The van der Waals surface area contributed by atoms with Gasteiger partial charge in [-0.3, -0.25) is 9.69 Å². The predicted molar refractivity (Wildman–Crippen MR) is 110 cm³/mol. The standard InChI is InChI=1S/C23H24N2O4/c26-20-14-18(29-21-4-2-1-3-19(20)21)15-25-11-9-24(10-12-25)8-7-17-5-6-22-23(13-17)28-16-27-22/h1-6,13-14H,7-12,15-16H2. The molecule has 1 aromatic heterocycles. The third-order valence-electron chi connectivity index (χ3n) is 5.68. The Balaban J connectivity index is 1.14. The average Bonchev–Trinajstić information content (AvgIpc) is 3.21. The summed E-state index contributed by atoms with van der Waals surface area (Å²) in [6.45, 7) is 5.99. The van der Waals surface area contributed by atoms with Crippen molar-refractivity contribution in [3.63, 3.8) is 0 Å². The third-order valence-corrected chi connectivity index (χ3v) is 5.68. The van der Waals surface area contributed by atoms with E-state index in [-0.39, 0.29) is 5.43 Å². The normalized spacial score (nSPS) is 17.1. The van der Waals surface area contributed by atoms with Gasteiger partial charge < -0.3 is 18.8 Å². The van der Waals surface area contributed by atoms with E-state index in [1.54, 1.807) is 6.07 Å². The number of rotatable bonds is 5. The van der Waals surface area contributed by atoms with Crippen molar-refractivity contribution in [3.8, 4) is 11.5 Å². The number of piperazine rings is 1. The number of benzene rings is 2. The quantitative estimate of drug-likeness (QED) is 0.666. The second kappa shape index (κ2) is 7.89. The Bertz CT molecular complexity index is 1070. The Morgan fingerprint density at radius 3 is 2.55 bits per heavy atom. The van der Waals surface area contributed by atoms with Crippen LogP contribution in [0.25, 0.3) is 11.0 Å². The van der Waals surface area contributed by atoms with Crippen molar-refractivity contribution in [2.45, 2.75) is 13.0 Å². The van der Waals surface area contributed by atoms with Crippen molar-refractivity contribution in [3.05, 3.63) is 70.1 Å². The van der Waals surface area contributed by atoms with Gasteiger partial charge in [0.2, 0.25) is 6.79 Å². The summed E-state index contributed by atoms with van der Waals surface area (Å²) >= 11 is 0. The van der Waals surface area contributed by atoms with Crippen LogP contribution in [0.5, 0.6) is 11.5 Å². The SMILES string of the molecule is O=c1cc(CN2CCN(CCc3ccc4c(c3)OCO4)CC2)oc2ccccc12. The molecule has 2 aromatic carbocycles. The molecule has 0 saturated carbocycles. The van der Waals surface area contributed by atoms with Crippen LogP contribution in [0.1, 0.15) is 11.3 Å². The maximum atomic E-state index is 12.3. The molecule has 0 N–H and O–H groups in total. The molecular formula is C23H24N2O4. The van der Waals surface area contributed by atoms with Crippen LogP contribution in [0, 0.1) is 0 Å². The lowest BCUT2D eigenvalue weighted by atomic mass is 10.1. The Morgan fingerprint density at radius 1 is 0.862 bits per heavy atom. The maximum Gasteiger partial charge on any atom is 0.231 e. The lowest BCUT2D eigenvalue weighted by Crippen LogP contribution is -2.46. The molecule has 0 atom stereocenters. The van der Waals surface area contributed by atoms with E-state index >= 15 is 0 Å². The monoisotopic (exact) mass is 392 g/mol. The van der Waals surface area contributed by atoms with Crippen molar-refractivity contribution >= 4 is 11.0 Å². The van der Waals surface area contributed by atoms with Crippen LogP contribution in [0.4, 0.5) is 0 Å². The summed E-state index contributed by atoms with van der Waals surface area (Å²) < 4.78 is 16.8. The summed E-state index contributed by atoms with van der Waals surface area (Å²) in [6, 6.07) is 15.3. The number of para-hydroxylation sites is 1. The van der Waals surface area contributed by atoms with Crippen molar-refractivity contribution < 1.29 is 13.9 Å². The Morgan fingerprint density at radius 2 is 1.66 bits per heavy atom. The highest BCUT2D eigenvalue weighted by atomic mass is 16.7. The van der Waals surface area contributed by atoms with Gasteiger partial charge in [0, 0.05) is 38.8 Å². The average molecular weight is 392 g/mol. The van der Waals surface area contributed by atoms with Gasteiger partial charge in [-0.15, -0.1) is 0 Å². The van der Waals surface area contributed by atoms with Gasteiger partial charge in [0.05, 0.1) is 11.9 Å². The zero-order chi connectivity index (χ0) is 19.6. The molecule has 0 amide bonds. The maximum absolute atomic E-state index is 12.3. The fraction of sp³-hybridized carbons (Fsp3) is 0.348. The summed E-state index contributed by atoms with van der Waals surface area (Å²) in [5.41, 5.74) is 1.97. The molecule has 5 rings (SSSR count). The summed E-state index contributed by atoms with van der Waals surface area (Å²) in [5.74, 6) is 2.43. The highest BCUT2D eigenvalue weighted by Gasteiger charge is 2.19. The molecule has 0 unspecified atom stereocenters. The van der Waals surface area contributed by atoms with E-state index in [9.17, 15) is 4.79 Å². The van der Waals surface area contributed by atoms with E-state index in [1.807, 2.05) is 30.3 Å². The summed E-state index contributed by atoms with van der Waals surface area (Å²) in [4.78, 5) is 17.1. The van der Waals surface area contributed by atoms with Gasteiger partial charge in [-0.1, -0.05) is 18.2 Å². The van der Waals surface area contributed by atoms with Crippen LogP contribution >= 0.6 is 0 Å². The smallest absolute Gasteiger partial charge is 0.231 e. The Labute approximate surface area is 169 Å². The van der Waals surface area contributed by atoms with E-state index in [1.165, 1.54) is 5.56 Å². The molecule has 29 heavy (non-hydrogen) atoms. The first-order chi connectivity index (χ1) is 14.2. The summed E-state index contributed by atoms with van der Waals surface area (Å²) in [7, 11) is 0. The van der Waals surface area contributed by atoms with Crippen LogP contribution in [-0.2, 0) is 13.0 Å². The van der Waals surface area contributed by atoms with Crippen molar-refractivity contribution in [1.82, 2.24) is 9.80 Å². The lowest BCUT2D eigenvalue weighted by molar-refractivity contribution is 0.122. The van der Waals surface area contributed by atoms with Crippen LogP contribution in [0.3, 0.4) is 0 Å². The fourth-order valence-electron chi connectivity index (χ4n) is 4.01. The molecule has 0 aliphatic carbocycles. The molecule has 2 aliphatic heterocycles. The first-order valence-corrected chi connectivity index (χ1v) is 10.1. The minimum absolute atomic E-state index is 0.0317. The molecule has 0 bridgehead atoms. The Kier molecular flexibility index (Phi) is 4.96. The molecule has 0 spiro atoms. The van der Waals surface area contributed by atoms with Crippen molar-refractivity contribution in [1.29, 1.82) is 0 Å². The highest BCUT2D eigenvalue weighted by Crippen LogP contribution is 2.32. The lowest BCUT2D eigenvalue weighted by Gasteiger charge is -2.34. The largest absolute Gasteiger partial charge is 0.459 e. The zero-order valence-electron chi connectivity index (χ0n) is 16.3. The molecule has 1 saturated heterocycles. The number of fused-ring (bicyclic) bond motifs is 2. The van der Waals surface area contributed by atoms with Crippen LogP contribution in [-0.4, -0.2) is 49.3 Å². The highest BCUT2D eigenvalue weighted by molar-refractivity contribution is 5.76. The van der Waals surface area contributed by atoms with Crippen LogP contribution in [0.15, 0.2) is 57.7 Å². The van der Waals surface area contributed by atoms with E-state index in [0.29, 0.717) is 24.3 Å². The molecule has 0 radical (unpaired) electrons. The second-order valence-electron chi connectivity index (χ2n) is 7.63. The first-order valence-electron chi connectivity index (χ1n) is 10.1. The van der Waals surface area contributed by atoms with Gasteiger partial charge in [-0.05, 0) is 36.2 Å². The molecule has 2 aliphatic rings. The van der Waals surface area contributed by atoms with Gasteiger partial charge in [0.15, 0.2) is 16.9 Å². The van der Waals surface area contributed by atoms with Crippen LogP contribution in [0.2, 0.25) is 0 Å². The molecule has 1 fully saturated rings. The summed E-state index contributed by atoms with van der Waals surface area (Å²) in [5, 5.41) is 0.643. The van der Waals surface area contributed by atoms with Gasteiger partial charge in [0.1, 0.15) is 11.3 Å². The minimum atomic E-state index is 0.0317. The number of hydrogen-bond acceptors (Lipinski definition) is 6. The number of ether oxygens (including phenoxy) is 2. The van der Waals surface area contributed by atoms with Gasteiger partial charge >= 0.3 is 0 Å². The first kappa shape index (κ1) is 18.2. The third kappa shape index (κ3) is 3.99. The van der Waals surface area contributed by atoms with Crippen molar-refractivity contribution in [2.24, 2.45) is 0 Å². The second-order valence-corrected chi connectivity index (χ2v) is 7.63. The molecule has 150 valence electrons. The molecule has 3 heterocycles. The molecular weight excluding hydrogens is 368 g/mol. The van der Waals surface area contributed by atoms with Gasteiger partial charge in [-0.2, -0.15) is 0 Å². The fourth-order valence-corrected chi connectivity index (χ4v) is 4.01. The number of nitrogens with zero attached hydrogens (tertiary/aromatic N) is 2. The number of hydrogen-bond donors (Lipinski definition) is 0. The zero-order valence-corrected chi connectivity index (χ0v) is 16.3. The Hall–Kier alpha value is -2.83. The van der Waals surface area contributed by atoms with Crippen LogP contribution < -0.4 is 14.9 Å². The van der Waals surface area contributed by atoms with E-state index < -0.39 is 0 Å². The van der Waals surface area contributed by atoms with E-state index in [4.69, 9.17) is 13.9 Å². The van der Waals surface area contributed by atoms with Crippen molar-refractivity contribution in [2.75, 3.05) is 39.5 Å². The molecule has 3 aromatic rings. The molecule has 6 nitrogen and oxygen atoms in total. The van der Waals surface area contributed by atoms with Gasteiger partial charge in [-0.25, -0.2) is 0 Å². The van der Waals surface area contributed by atoms with E-state index in [2.05, 4.69) is 21.9 Å². The summed E-state index contributed by atoms with van der Waals surface area (Å²) in [6.07, 6.45) is 0.996. The predicted octanol–water partition coefficient (Wildman–Crippen LogP) is 2.88. The topological polar surface area (TPSA) is 55.2 Å².